The normalized spacial score (nSPS) is 19.8. The first kappa shape index (κ1) is 11.4. The Morgan fingerprint density at radius 1 is 1.62 bits per heavy atom. The van der Waals surface area contributed by atoms with Gasteiger partial charge in [-0.3, -0.25) is 10.1 Å². The van der Waals surface area contributed by atoms with Crippen molar-refractivity contribution in [2.24, 2.45) is 0 Å². The smallest absolute Gasteiger partial charge is 0.242 e. The highest BCUT2D eigenvalue weighted by molar-refractivity contribution is 7.99. The Labute approximate surface area is 97.8 Å². The Hall–Kier alpha value is -1.07. The number of carbonyl (C=O) groups excluding carboxylic acids is 1. The van der Waals surface area contributed by atoms with Gasteiger partial charge >= 0.3 is 0 Å². The van der Waals surface area contributed by atoms with Gasteiger partial charge in [-0.05, 0) is 30.7 Å². The third-order valence-electron chi connectivity index (χ3n) is 2.48. The molecule has 0 saturated carbocycles. The van der Waals surface area contributed by atoms with Crippen LogP contribution in [0, 0.1) is 12.7 Å². The van der Waals surface area contributed by atoms with E-state index in [1.54, 1.807) is 24.8 Å². The molecule has 1 aliphatic heterocycles. The minimum Gasteiger partial charge on any atom is -0.324 e. The molecular weight excluding hydrogens is 227 g/mol. The summed E-state index contributed by atoms with van der Waals surface area (Å²) in [5.41, 5.74) is 1.41. The molecule has 0 aromatic heterocycles. The van der Waals surface area contributed by atoms with Crippen molar-refractivity contribution in [1.82, 2.24) is 5.32 Å². The Morgan fingerprint density at radius 2 is 2.44 bits per heavy atom. The summed E-state index contributed by atoms with van der Waals surface area (Å²) in [7, 11) is 0. The number of carbonyl (C=O) groups is 1. The zero-order valence-electron chi connectivity index (χ0n) is 8.92. The molecule has 1 aliphatic rings. The van der Waals surface area contributed by atoms with Crippen LogP contribution < -0.4 is 10.6 Å². The summed E-state index contributed by atoms with van der Waals surface area (Å²) in [6.45, 7) is 1.77. The second kappa shape index (κ2) is 4.84. The van der Waals surface area contributed by atoms with Crippen molar-refractivity contribution in [2.75, 3.05) is 16.9 Å². The second-order valence-electron chi connectivity index (χ2n) is 3.72. The fourth-order valence-electron chi connectivity index (χ4n) is 1.55. The van der Waals surface area contributed by atoms with Crippen molar-refractivity contribution >= 4 is 23.4 Å². The van der Waals surface area contributed by atoms with Crippen molar-refractivity contribution in [3.8, 4) is 0 Å². The maximum absolute atomic E-state index is 12.9. The van der Waals surface area contributed by atoms with Gasteiger partial charge in [-0.15, -0.1) is 11.8 Å². The largest absolute Gasteiger partial charge is 0.324 e. The predicted octanol–water partition coefficient (Wildman–Crippen LogP) is 1.74. The number of hydrogen-bond donors (Lipinski definition) is 2. The van der Waals surface area contributed by atoms with Gasteiger partial charge in [0.05, 0.1) is 6.04 Å². The van der Waals surface area contributed by atoms with Crippen LogP contribution in [-0.2, 0) is 4.79 Å². The van der Waals surface area contributed by atoms with Gasteiger partial charge in [0.25, 0.3) is 0 Å². The van der Waals surface area contributed by atoms with Gasteiger partial charge in [0.1, 0.15) is 5.82 Å². The summed E-state index contributed by atoms with van der Waals surface area (Å²) >= 11 is 1.70. The van der Waals surface area contributed by atoms with Crippen molar-refractivity contribution in [2.45, 2.75) is 13.0 Å². The molecule has 0 radical (unpaired) electrons. The molecule has 16 heavy (non-hydrogen) atoms. The number of aryl methyl sites for hydroxylation is 1. The molecule has 1 fully saturated rings. The molecule has 1 aromatic carbocycles. The molecule has 1 heterocycles. The van der Waals surface area contributed by atoms with Crippen LogP contribution in [0.25, 0.3) is 0 Å². The quantitative estimate of drug-likeness (QED) is 0.827. The molecule has 0 bridgehead atoms. The van der Waals surface area contributed by atoms with E-state index in [9.17, 15) is 9.18 Å². The van der Waals surface area contributed by atoms with Crippen LogP contribution in [0.4, 0.5) is 10.1 Å². The molecule has 2 N–H and O–H groups in total. The number of thioether (sulfide) groups is 1. The Morgan fingerprint density at radius 3 is 3.06 bits per heavy atom. The number of anilines is 1. The Bertz CT molecular complexity index is 405. The highest BCUT2D eigenvalue weighted by Gasteiger charge is 2.22. The van der Waals surface area contributed by atoms with Crippen molar-refractivity contribution < 1.29 is 9.18 Å². The summed E-state index contributed by atoms with van der Waals surface area (Å²) in [5, 5.41) is 5.88. The van der Waals surface area contributed by atoms with Crippen LogP contribution in [-0.4, -0.2) is 23.6 Å². The zero-order valence-corrected chi connectivity index (χ0v) is 9.73. The lowest BCUT2D eigenvalue weighted by Gasteiger charge is -2.12. The highest BCUT2D eigenvalue weighted by Crippen LogP contribution is 2.17. The van der Waals surface area contributed by atoms with E-state index < -0.39 is 0 Å². The lowest BCUT2D eigenvalue weighted by molar-refractivity contribution is -0.117. The monoisotopic (exact) mass is 240 g/mol. The molecule has 1 aromatic rings. The molecule has 2 rings (SSSR count). The van der Waals surface area contributed by atoms with E-state index >= 15 is 0 Å². The molecule has 3 nitrogen and oxygen atoms in total. The van der Waals surface area contributed by atoms with Crippen molar-refractivity contribution in [3.05, 3.63) is 29.6 Å². The molecule has 86 valence electrons. The van der Waals surface area contributed by atoms with Gasteiger partial charge in [-0.2, -0.15) is 0 Å². The van der Waals surface area contributed by atoms with E-state index in [1.807, 2.05) is 0 Å². The van der Waals surface area contributed by atoms with Crippen LogP contribution >= 0.6 is 11.8 Å². The predicted molar refractivity (Wildman–Crippen MR) is 64.0 cm³/mol. The summed E-state index contributed by atoms with van der Waals surface area (Å²) in [5.74, 6) is 1.25. The Kier molecular flexibility index (Phi) is 3.46. The first-order valence-electron chi connectivity index (χ1n) is 5.05. The third-order valence-corrected chi connectivity index (χ3v) is 3.42. The molecule has 1 amide bonds. The SMILES string of the molecule is Cc1cc(F)ccc1NC(=O)C1CSCN1. The molecule has 5 heteroatoms. The average molecular weight is 240 g/mol. The number of halogens is 1. The standard InChI is InChI=1S/C11H13FN2OS/c1-7-4-8(12)2-3-9(7)14-11(15)10-5-16-6-13-10/h2-4,10,13H,5-6H2,1H3,(H,14,15). The maximum Gasteiger partial charge on any atom is 0.242 e. The van der Waals surface area contributed by atoms with Crippen LogP contribution in [0.5, 0.6) is 0 Å². The lowest BCUT2D eigenvalue weighted by Crippen LogP contribution is -2.37. The minimum atomic E-state index is -0.287. The Balaban J connectivity index is 2.05. The fraction of sp³-hybridized carbons (Fsp3) is 0.364. The van der Waals surface area contributed by atoms with Crippen LogP contribution in [0.15, 0.2) is 18.2 Å². The molecular formula is C11H13FN2OS. The summed E-state index contributed by atoms with van der Waals surface area (Å²) in [6.07, 6.45) is 0. The van der Waals surface area contributed by atoms with Gasteiger partial charge < -0.3 is 5.32 Å². The van der Waals surface area contributed by atoms with E-state index in [-0.39, 0.29) is 17.8 Å². The number of hydrogen-bond acceptors (Lipinski definition) is 3. The average Bonchev–Trinajstić information content (AvgIpc) is 2.75. The second-order valence-corrected chi connectivity index (χ2v) is 4.75. The first-order valence-corrected chi connectivity index (χ1v) is 6.20. The van der Waals surface area contributed by atoms with Gasteiger partial charge in [0.15, 0.2) is 0 Å². The van der Waals surface area contributed by atoms with Gasteiger partial charge in [-0.1, -0.05) is 0 Å². The van der Waals surface area contributed by atoms with Crippen LogP contribution in [0.3, 0.4) is 0 Å². The molecule has 1 atom stereocenters. The first-order chi connectivity index (χ1) is 7.66. The minimum absolute atomic E-state index is 0.0558. The maximum atomic E-state index is 12.9. The molecule has 0 aliphatic carbocycles. The van der Waals surface area contributed by atoms with E-state index in [4.69, 9.17) is 0 Å². The van der Waals surface area contributed by atoms with E-state index in [1.165, 1.54) is 12.1 Å². The molecule has 0 spiro atoms. The number of amides is 1. The van der Waals surface area contributed by atoms with Crippen LogP contribution in [0.2, 0.25) is 0 Å². The molecule has 1 saturated heterocycles. The number of rotatable bonds is 2. The zero-order chi connectivity index (χ0) is 11.5. The van der Waals surface area contributed by atoms with E-state index in [0.717, 1.165) is 17.2 Å². The van der Waals surface area contributed by atoms with Crippen molar-refractivity contribution in [1.29, 1.82) is 0 Å². The van der Waals surface area contributed by atoms with Crippen molar-refractivity contribution in [3.63, 3.8) is 0 Å². The van der Waals surface area contributed by atoms with E-state index in [0.29, 0.717) is 5.69 Å². The summed E-state index contributed by atoms with van der Waals surface area (Å²) in [6, 6.07) is 4.20. The van der Waals surface area contributed by atoms with E-state index in [2.05, 4.69) is 10.6 Å². The van der Waals surface area contributed by atoms with Gasteiger partial charge in [0.2, 0.25) is 5.91 Å². The topological polar surface area (TPSA) is 41.1 Å². The highest BCUT2D eigenvalue weighted by atomic mass is 32.2. The summed E-state index contributed by atoms with van der Waals surface area (Å²) < 4.78 is 12.9. The number of nitrogens with one attached hydrogen (secondary N) is 2. The fourth-order valence-corrected chi connectivity index (χ4v) is 2.49. The number of benzene rings is 1. The lowest BCUT2D eigenvalue weighted by atomic mass is 10.2. The van der Waals surface area contributed by atoms with Gasteiger partial charge in [-0.25, -0.2) is 4.39 Å². The van der Waals surface area contributed by atoms with Gasteiger partial charge in [0, 0.05) is 17.3 Å². The summed E-state index contributed by atoms with van der Waals surface area (Å²) in [4.78, 5) is 11.8. The molecule has 1 unspecified atom stereocenters. The third kappa shape index (κ3) is 2.54. The van der Waals surface area contributed by atoms with Crippen LogP contribution in [0.1, 0.15) is 5.56 Å².